The molecule has 3 rings (SSSR count). The number of rotatable bonds is 6. The number of hydrogen-bond donors (Lipinski definition) is 2. The van der Waals surface area contributed by atoms with Gasteiger partial charge in [0, 0.05) is 24.7 Å². The summed E-state index contributed by atoms with van der Waals surface area (Å²) in [7, 11) is -3.75. The van der Waals surface area contributed by atoms with Gasteiger partial charge in [-0.05, 0) is 50.2 Å². The van der Waals surface area contributed by atoms with E-state index >= 15 is 0 Å². The number of benzene rings is 2. The van der Waals surface area contributed by atoms with Gasteiger partial charge >= 0.3 is 0 Å². The van der Waals surface area contributed by atoms with Gasteiger partial charge in [0.15, 0.2) is 0 Å². The normalized spacial score (nSPS) is 17.0. The van der Waals surface area contributed by atoms with E-state index in [4.69, 9.17) is 0 Å². The first-order chi connectivity index (χ1) is 12.5. The van der Waals surface area contributed by atoms with E-state index in [1.165, 1.54) is 16.4 Å². The van der Waals surface area contributed by atoms with Crippen LogP contribution in [0.3, 0.4) is 0 Å². The van der Waals surface area contributed by atoms with E-state index in [1.54, 1.807) is 43.3 Å². The zero-order chi connectivity index (χ0) is 18.6. The first-order valence-electron chi connectivity index (χ1n) is 8.72. The van der Waals surface area contributed by atoms with Crippen LogP contribution in [0.5, 0.6) is 0 Å². The highest BCUT2D eigenvalue weighted by atomic mass is 32.2. The second-order valence-electron chi connectivity index (χ2n) is 6.20. The standard InChI is InChI=1S/C19H23N3O3S/c1-2-22(17-8-4-3-5-9-17)26(24,25)18-10-6-7-15(13-18)19(23)21-16-11-12-20-14-16/h3-10,13,16,20H,2,11-12,14H2,1H3,(H,21,23). The number of carbonyl (C=O) groups excluding carboxylic acids is 1. The number of sulfonamides is 1. The van der Waals surface area contributed by atoms with Crippen LogP contribution >= 0.6 is 0 Å². The zero-order valence-electron chi connectivity index (χ0n) is 14.7. The van der Waals surface area contributed by atoms with E-state index in [0.717, 1.165) is 19.5 Å². The molecule has 7 heteroatoms. The summed E-state index contributed by atoms with van der Waals surface area (Å²) in [6, 6.07) is 15.2. The molecule has 26 heavy (non-hydrogen) atoms. The van der Waals surface area contributed by atoms with Crippen molar-refractivity contribution in [3.05, 3.63) is 60.2 Å². The van der Waals surface area contributed by atoms with E-state index in [1.807, 2.05) is 6.07 Å². The largest absolute Gasteiger partial charge is 0.348 e. The van der Waals surface area contributed by atoms with Gasteiger partial charge in [-0.25, -0.2) is 8.42 Å². The number of nitrogens with zero attached hydrogens (tertiary/aromatic N) is 1. The van der Waals surface area contributed by atoms with E-state index in [9.17, 15) is 13.2 Å². The third kappa shape index (κ3) is 3.89. The number of carbonyl (C=O) groups is 1. The Bertz CT molecular complexity index is 863. The lowest BCUT2D eigenvalue weighted by molar-refractivity contribution is 0.0940. The highest BCUT2D eigenvalue weighted by Gasteiger charge is 2.25. The molecule has 1 unspecified atom stereocenters. The van der Waals surface area contributed by atoms with Crippen LogP contribution in [-0.2, 0) is 10.0 Å². The van der Waals surface area contributed by atoms with Gasteiger partial charge in [-0.3, -0.25) is 9.10 Å². The fraction of sp³-hybridized carbons (Fsp3) is 0.316. The monoisotopic (exact) mass is 373 g/mol. The Kier molecular flexibility index (Phi) is 5.58. The van der Waals surface area contributed by atoms with Crippen LogP contribution in [-0.4, -0.2) is 40.0 Å². The van der Waals surface area contributed by atoms with E-state index in [0.29, 0.717) is 17.8 Å². The van der Waals surface area contributed by atoms with E-state index in [-0.39, 0.29) is 16.8 Å². The van der Waals surface area contributed by atoms with Gasteiger partial charge in [-0.1, -0.05) is 24.3 Å². The predicted molar refractivity (Wildman–Crippen MR) is 102 cm³/mol. The van der Waals surface area contributed by atoms with E-state index in [2.05, 4.69) is 10.6 Å². The molecular formula is C19H23N3O3S. The number of hydrogen-bond acceptors (Lipinski definition) is 4. The van der Waals surface area contributed by atoms with Crippen molar-refractivity contribution in [1.29, 1.82) is 0 Å². The average molecular weight is 373 g/mol. The summed E-state index contributed by atoms with van der Waals surface area (Å²) >= 11 is 0. The van der Waals surface area contributed by atoms with Gasteiger partial charge in [0.2, 0.25) is 0 Å². The summed E-state index contributed by atoms with van der Waals surface area (Å²) in [6.45, 7) is 3.70. The summed E-state index contributed by atoms with van der Waals surface area (Å²) in [6.07, 6.45) is 0.876. The third-order valence-electron chi connectivity index (χ3n) is 4.41. The first kappa shape index (κ1) is 18.4. The average Bonchev–Trinajstić information content (AvgIpc) is 3.16. The zero-order valence-corrected chi connectivity index (χ0v) is 15.5. The van der Waals surface area contributed by atoms with Crippen LogP contribution in [0.15, 0.2) is 59.5 Å². The molecular weight excluding hydrogens is 350 g/mol. The number of para-hydroxylation sites is 1. The maximum Gasteiger partial charge on any atom is 0.264 e. The van der Waals surface area contributed by atoms with E-state index < -0.39 is 10.0 Å². The Morgan fingerprint density at radius 1 is 1.19 bits per heavy atom. The molecule has 1 fully saturated rings. The Hall–Kier alpha value is -2.38. The minimum atomic E-state index is -3.75. The highest BCUT2D eigenvalue weighted by Crippen LogP contribution is 2.23. The quantitative estimate of drug-likeness (QED) is 0.812. The fourth-order valence-corrected chi connectivity index (χ4v) is 4.58. The van der Waals surface area contributed by atoms with Crippen molar-refractivity contribution < 1.29 is 13.2 Å². The molecule has 0 bridgehead atoms. The molecule has 0 spiro atoms. The van der Waals surface area contributed by atoms with Gasteiger partial charge in [0.25, 0.3) is 15.9 Å². The van der Waals surface area contributed by atoms with Crippen LogP contribution in [0.2, 0.25) is 0 Å². The van der Waals surface area contributed by atoms with Gasteiger partial charge in [-0.15, -0.1) is 0 Å². The van der Waals surface area contributed by atoms with Crippen LogP contribution in [0.4, 0.5) is 5.69 Å². The lowest BCUT2D eigenvalue weighted by Gasteiger charge is -2.23. The first-order valence-corrected chi connectivity index (χ1v) is 10.2. The molecule has 2 aromatic rings. The summed E-state index contributed by atoms with van der Waals surface area (Å²) in [4.78, 5) is 12.6. The second-order valence-corrected chi connectivity index (χ2v) is 8.06. The Balaban J connectivity index is 1.87. The number of amides is 1. The summed E-state index contributed by atoms with van der Waals surface area (Å²) in [5, 5.41) is 6.13. The van der Waals surface area contributed by atoms with Gasteiger partial charge < -0.3 is 10.6 Å². The molecule has 1 amide bonds. The maximum atomic E-state index is 13.1. The van der Waals surface area contributed by atoms with Crippen LogP contribution in [0.1, 0.15) is 23.7 Å². The molecule has 0 aliphatic carbocycles. The van der Waals surface area contributed by atoms with Crippen molar-refractivity contribution in [2.45, 2.75) is 24.3 Å². The molecule has 0 radical (unpaired) electrons. The Morgan fingerprint density at radius 2 is 1.96 bits per heavy atom. The van der Waals surface area contributed by atoms with Crippen molar-refractivity contribution in [1.82, 2.24) is 10.6 Å². The lowest BCUT2D eigenvalue weighted by atomic mass is 10.2. The molecule has 2 N–H and O–H groups in total. The molecule has 1 heterocycles. The molecule has 1 atom stereocenters. The van der Waals surface area contributed by atoms with Gasteiger partial charge in [0.05, 0.1) is 10.6 Å². The second kappa shape index (κ2) is 7.88. The molecule has 0 aromatic heterocycles. The molecule has 1 aliphatic heterocycles. The topological polar surface area (TPSA) is 78.5 Å². The maximum absolute atomic E-state index is 13.1. The van der Waals surface area contributed by atoms with Crippen LogP contribution < -0.4 is 14.9 Å². The Morgan fingerprint density at radius 3 is 2.62 bits per heavy atom. The Labute approximate surface area is 154 Å². The van der Waals surface area contributed by atoms with Crippen molar-refractivity contribution in [3.63, 3.8) is 0 Å². The van der Waals surface area contributed by atoms with Crippen molar-refractivity contribution in [2.75, 3.05) is 23.9 Å². The fourth-order valence-electron chi connectivity index (χ4n) is 3.06. The SMILES string of the molecule is CCN(c1ccccc1)S(=O)(=O)c1cccc(C(=O)NC2CCNC2)c1. The van der Waals surface area contributed by atoms with Crippen molar-refractivity contribution in [2.24, 2.45) is 0 Å². The molecule has 1 saturated heterocycles. The highest BCUT2D eigenvalue weighted by molar-refractivity contribution is 7.92. The number of anilines is 1. The minimum absolute atomic E-state index is 0.0826. The van der Waals surface area contributed by atoms with Crippen LogP contribution in [0.25, 0.3) is 0 Å². The van der Waals surface area contributed by atoms with Crippen molar-refractivity contribution in [3.8, 4) is 0 Å². The third-order valence-corrected chi connectivity index (χ3v) is 6.31. The lowest BCUT2D eigenvalue weighted by Crippen LogP contribution is -2.36. The summed E-state index contributed by atoms with van der Waals surface area (Å²) in [5.74, 6) is -0.251. The molecule has 138 valence electrons. The van der Waals surface area contributed by atoms with Gasteiger partial charge in [0.1, 0.15) is 0 Å². The molecule has 2 aromatic carbocycles. The number of nitrogens with one attached hydrogen (secondary N) is 2. The van der Waals surface area contributed by atoms with Crippen LogP contribution in [0, 0.1) is 0 Å². The summed E-state index contributed by atoms with van der Waals surface area (Å²) < 4.78 is 27.5. The van der Waals surface area contributed by atoms with Gasteiger partial charge in [-0.2, -0.15) is 0 Å². The minimum Gasteiger partial charge on any atom is -0.348 e. The predicted octanol–water partition coefficient (Wildman–Crippen LogP) is 1.99. The van der Waals surface area contributed by atoms with Crippen molar-refractivity contribution >= 4 is 21.6 Å². The molecule has 0 saturated carbocycles. The molecule has 6 nitrogen and oxygen atoms in total. The molecule has 1 aliphatic rings. The summed E-state index contributed by atoms with van der Waals surface area (Å²) in [5.41, 5.74) is 0.948. The smallest absolute Gasteiger partial charge is 0.264 e.